The molecule has 1 atom stereocenters. The lowest BCUT2D eigenvalue weighted by Gasteiger charge is -2.10. The standard InChI is InChI=1S/C15H13FOS/c16-13-6-8-14(9-7-13)18-15(11-17)10-12-4-2-1-3-5-12/h1-9,11,15H,10H2. The second-order valence-corrected chi connectivity index (χ2v) is 5.25. The maximum Gasteiger partial charge on any atom is 0.133 e. The van der Waals surface area contributed by atoms with Crippen molar-refractivity contribution in [1.29, 1.82) is 0 Å². The Morgan fingerprint density at radius 2 is 1.72 bits per heavy atom. The molecule has 1 unspecified atom stereocenters. The van der Waals surface area contributed by atoms with E-state index in [0.717, 1.165) is 16.7 Å². The van der Waals surface area contributed by atoms with Crippen molar-refractivity contribution >= 4 is 18.0 Å². The smallest absolute Gasteiger partial charge is 0.133 e. The Morgan fingerprint density at radius 3 is 2.33 bits per heavy atom. The van der Waals surface area contributed by atoms with Gasteiger partial charge in [0.05, 0.1) is 5.25 Å². The van der Waals surface area contributed by atoms with Gasteiger partial charge in [0.25, 0.3) is 0 Å². The molecule has 0 aliphatic heterocycles. The molecule has 0 N–H and O–H groups in total. The van der Waals surface area contributed by atoms with Crippen molar-refractivity contribution in [2.75, 3.05) is 0 Å². The topological polar surface area (TPSA) is 17.1 Å². The molecule has 0 fully saturated rings. The van der Waals surface area contributed by atoms with Gasteiger partial charge in [-0.15, -0.1) is 11.8 Å². The predicted octanol–water partition coefficient (Wildman–Crippen LogP) is 3.73. The van der Waals surface area contributed by atoms with E-state index in [1.807, 2.05) is 30.3 Å². The Hall–Kier alpha value is -1.61. The van der Waals surface area contributed by atoms with E-state index in [0.29, 0.717) is 6.42 Å². The molecule has 0 aromatic heterocycles. The first-order valence-electron chi connectivity index (χ1n) is 5.69. The van der Waals surface area contributed by atoms with Gasteiger partial charge in [-0.3, -0.25) is 0 Å². The minimum atomic E-state index is -0.259. The van der Waals surface area contributed by atoms with E-state index >= 15 is 0 Å². The molecule has 0 saturated carbocycles. The van der Waals surface area contributed by atoms with Crippen LogP contribution in [0.1, 0.15) is 5.56 Å². The molecular weight excluding hydrogens is 247 g/mol. The van der Waals surface area contributed by atoms with Crippen LogP contribution in [0.5, 0.6) is 0 Å². The number of halogens is 1. The minimum Gasteiger partial charge on any atom is -0.302 e. The lowest BCUT2D eigenvalue weighted by molar-refractivity contribution is -0.107. The highest BCUT2D eigenvalue weighted by Gasteiger charge is 2.10. The molecule has 0 bridgehead atoms. The summed E-state index contributed by atoms with van der Waals surface area (Å²) >= 11 is 1.46. The van der Waals surface area contributed by atoms with Crippen LogP contribution in [0.25, 0.3) is 0 Å². The van der Waals surface area contributed by atoms with E-state index in [1.54, 1.807) is 12.1 Å². The molecule has 2 aromatic rings. The Kier molecular flexibility index (Phi) is 4.53. The van der Waals surface area contributed by atoms with E-state index < -0.39 is 0 Å². The highest BCUT2D eigenvalue weighted by molar-refractivity contribution is 8.00. The average molecular weight is 260 g/mol. The molecule has 0 spiro atoms. The largest absolute Gasteiger partial charge is 0.302 e. The molecule has 0 saturated heterocycles. The monoisotopic (exact) mass is 260 g/mol. The fraction of sp³-hybridized carbons (Fsp3) is 0.133. The number of hydrogen-bond donors (Lipinski definition) is 0. The maximum absolute atomic E-state index is 12.8. The molecular formula is C15H13FOS. The van der Waals surface area contributed by atoms with Crippen LogP contribution >= 0.6 is 11.8 Å². The number of rotatable bonds is 5. The van der Waals surface area contributed by atoms with E-state index in [-0.39, 0.29) is 11.1 Å². The van der Waals surface area contributed by atoms with Crippen molar-refractivity contribution in [3.63, 3.8) is 0 Å². The summed E-state index contributed by atoms with van der Waals surface area (Å²) in [5.41, 5.74) is 1.13. The fourth-order valence-electron chi connectivity index (χ4n) is 1.65. The normalized spacial score (nSPS) is 12.1. The second kappa shape index (κ2) is 6.36. The van der Waals surface area contributed by atoms with Gasteiger partial charge >= 0.3 is 0 Å². The SMILES string of the molecule is O=CC(Cc1ccccc1)Sc1ccc(F)cc1. The summed E-state index contributed by atoms with van der Waals surface area (Å²) in [5, 5.41) is -0.141. The quantitative estimate of drug-likeness (QED) is 0.602. The lowest BCUT2D eigenvalue weighted by atomic mass is 10.1. The van der Waals surface area contributed by atoms with Crippen molar-refractivity contribution in [3.05, 3.63) is 66.0 Å². The van der Waals surface area contributed by atoms with Gasteiger partial charge in [0.2, 0.25) is 0 Å². The van der Waals surface area contributed by atoms with Gasteiger partial charge in [0, 0.05) is 4.90 Å². The number of carbonyl (C=O) groups is 1. The fourth-order valence-corrected chi connectivity index (χ4v) is 2.63. The van der Waals surface area contributed by atoms with Crippen LogP contribution in [-0.4, -0.2) is 11.5 Å². The molecule has 0 radical (unpaired) electrons. The summed E-state index contributed by atoms with van der Waals surface area (Å²) in [6.45, 7) is 0. The van der Waals surface area contributed by atoms with Gasteiger partial charge in [-0.2, -0.15) is 0 Å². The molecule has 3 heteroatoms. The first-order chi connectivity index (χ1) is 8.78. The molecule has 0 amide bonds. The number of hydrogen-bond acceptors (Lipinski definition) is 2. The van der Waals surface area contributed by atoms with Crippen molar-refractivity contribution in [2.45, 2.75) is 16.6 Å². The Morgan fingerprint density at radius 1 is 1.06 bits per heavy atom. The Bertz CT molecular complexity index is 496. The van der Waals surface area contributed by atoms with E-state index in [2.05, 4.69) is 0 Å². The Labute approximate surface area is 110 Å². The molecule has 92 valence electrons. The third-order valence-electron chi connectivity index (χ3n) is 2.53. The Balaban J connectivity index is 2.01. The van der Waals surface area contributed by atoms with E-state index in [9.17, 15) is 9.18 Å². The van der Waals surface area contributed by atoms with Crippen molar-refractivity contribution < 1.29 is 9.18 Å². The third kappa shape index (κ3) is 3.70. The lowest BCUT2D eigenvalue weighted by Crippen LogP contribution is -2.08. The van der Waals surface area contributed by atoms with Crippen molar-refractivity contribution in [3.8, 4) is 0 Å². The van der Waals surface area contributed by atoms with Gasteiger partial charge in [-0.25, -0.2) is 4.39 Å². The van der Waals surface area contributed by atoms with Crippen LogP contribution in [0.3, 0.4) is 0 Å². The van der Waals surface area contributed by atoms with Crippen LogP contribution in [0, 0.1) is 5.82 Å². The zero-order valence-corrected chi connectivity index (χ0v) is 10.6. The molecule has 18 heavy (non-hydrogen) atoms. The van der Waals surface area contributed by atoms with Crippen molar-refractivity contribution in [2.24, 2.45) is 0 Å². The minimum absolute atomic E-state index is 0.141. The molecule has 0 aliphatic carbocycles. The van der Waals surface area contributed by atoms with Crippen LogP contribution in [-0.2, 0) is 11.2 Å². The van der Waals surface area contributed by atoms with Crippen molar-refractivity contribution in [1.82, 2.24) is 0 Å². The van der Waals surface area contributed by atoms with Crippen LogP contribution in [0.4, 0.5) is 4.39 Å². The van der Waals surface area contributed by atoms with Gasteiger partial charge in [0.15, 0.2) is 0 Å². The summed E-state index contributed by atoms with van der Waals surface area (Å²) in [7, 11) is 0. The van der Waals surface area contributed by atoms with Crippen LogP contribution < -0.4 is 0 Å². The predicted molar refractivity (Wildman–Crippen MR) is 72.3 cm³/mol. The zero-order valence-electron chi connectivity index (χ0n) is 9.75. The summed E-state index contributed by atoms with van der Waals surface area (Å²) in [6, 6.07) is 16.1. The molecule has 1 nitrogen and oxygen atoms in total. The molecule has 2 aromatic carbocycles. The third-order valence-corrected chi connectivity index (χ3v) is 3.66. The average Bonchev–Trinajstić information content (AvgIpc) is 2.41. The molecule has 0 aliphatic rings. The number of carbonyl (C=O) groups excluding carboxylic acids is 1. The summed E-state index contributed by atoms with van der Waals surface area (Å²) in [4.78, 5) is 12.0. The highest BCUT2D eigenvalue weighted by Crippen LogP contribution is 2.24. The number of aldehydes is 1. The van der Waals surface area contributed by atoms with E-state index in [4.69, 9.17) is 0 Å². The maximum atomic E-state index is 12.8. The number of thioether (sulfide) groups is 1. The number of benzene rings is 2. The summed E-state index contributed by atoms with van der Waals surface area (Å²) in [5.74, 6) is -0.259. The summed E-state index contributed by atoms with van der Waals surface area (Å²) < 4.78 is 12.8. The molecule has 2 rings (SSSR count). The molecule has 0 heterocycles. The van der Waals surface area contributed by atoms with Gasteiger partial charge in [-0.1, -0.05) is 30.3 Å². The van der Waals surface area contributed by atoms with E-state index in [1.165, 1.54) is 23.9 Å². The first kappa shape index (κ1) is 12.8. The second-order valence-electron chi connectivity index (χ2n) is 3.94. The van der Waals surface area contributed by atoms with Crippen LogP contribution in [0.2, 0.25) is 0 Å². The van der Waals surface area contributed by atoms with Crippen LogP contribution in [0.15, 0.2) is 59.5 Å². The highest BCUT2D eigenvalue weighted by atomic mass is 32.2. The van der Waals surface area contributed by atoms with Gasteiger partial charge in [-0.05, 0) is 36.2 Å². The van der Waals surface area contributed by atoms with Gasteiger partial charge < -0.3 is 4.79 Å². The summed E-state index contributed by atoms with van der Waals surface area (Å²) in [6.07, 6.45) is 1.63. The first-order valence-corrected chi connectivity index (χ1v) is 6.57. The zero-order chi connectivity index (χ0) is 12.8. The van der Waals surface area contributed by atoms with Gasteiger partial charge in [0.1, 0.15) is 12.1 Å².